The van der Waals surface area contributed by atoms with Gasteiger partial charge in [0.2, 0.25) is 0 Å². The van der Waals surface area contributed by atoms with Crippen LogP contribution in [-0.2, 0) is 0 Å². The van der Waals surface area contributed by atoms with Gasteiger partial charge in [0.05, 0.1) is 17.7 Å². The molecule has 2 aromatic carbocycles. The zero-order valence-electron chi connectivity index (χ0n) is 17.6. The highest BCUT2D eigenvalue weighted by atomic mass is 16.2. The first-order chi connectivity index (χ1) is 14.5. The van der Waals surface area contributed by atoms with Crippen LogP contribution in [0.4, 0.5) is 10.5 Å². The number of imidazole rings is 1. The van der Waals surface area contributed by atoms with Gasteiger partial charge >= 0.3 is 6.03 Å². The smallest absolute Gasteiger partial charge is 0.321 e. The van der Waals surface area contributed by atoms with Gasteiger partial charge < -0.3 is 14.8 Å². The Morgan fingerprint density at radius 2 is 1.87 bits per heavy atom. The average molecular weight is 401 g/mol. The molecule has 0 atom stereocenters. The van der Waals surface area contributed by atoms with Crippen LogP contribution in [0.15, 0.2) is 67.6 Å². The van der Waals surface area contributed by atoms with Crippen LogP contribution in [-0.4, -0.2) is 33.6 Å². The van der Waals surface area contributed by atoms with Crippen LogP contribution in [0.1, 0.15) is 42.5 Å². The topological polar surface area (TPSA) is 50.2 Å². The number of nitrogens with one attached hydrogen (secondary N) is 1. The first kappa shape index (κ1) is 20.0. The molecule has 0 radical (unpaired) electrons. The van der Waals surface area contributed by atoms with Gasteiger partial charge in [0.1, 0.15) is 0 Å². The molecule has 0 bridgehead atoms. The maximum absolute atomic E-state index is 12.8. The number of anilines is 1. The number of allylic oxidation sites excluding steroid dienone is 1. The van der Waals surface area contributed by atoms with Crippen LogP contribution in [0.2, 0.25) is 0 Å². The number of piperidine rings is 1. The highest BCUT2D eigenvalue weighted by Gasteiger charge is 2.24. The zero-order valence-corrected chi connectivity index (χ0v) is 17.6. The summed E-state index contributed by atoms with van der Waals surface area (Å²) in [6.45, 7) is 9.59. The fourth-order valence-corrected chi connectivity index (χ4v) is 4.08. The molecule has 1 aliphatic rings. The fourth-order valence-electron chi connectivity index (χ4n) is 4.08. The number of carbonyl (C=O) groups is 1. The molecule has 5 heteroatoms. The number of aromatic nitrogens is 2. The van der Waals surface area contributed by atoms with Crippen molar-refractivity contribution in [3.8, 4) is 5.69 Å². The number of benzene rings is 2. The SMILES string of the molecule is C=C(C)c1cc(NC(=O)N2CCC(c3ccccc3)CC2)ccc1-n1cnc(C)c1. The van der Waals surface area contributed by atoms with Crippen molar-refractivity contribution in [2.24, 2.45) is 0 Å². The van der Waals surface area contributed by atoms with E-state index in [1.54, 1.807) is 6.33 Å². The number of hydrogen-bond acceptors (Lipinski definition) is 2. The third kappa shape index (κ3) is 4.30. The summed E-state index contributed by atoms with van der Waals surface area (Å²) in [5.74, 6) is 0.531. The summed E-state index contributed by atoms with van der Waals surface area (Å²) < 4.78 is 1.99. The number of amides is 2. The van der Waals surface area contributed by atoms with Gasteiger partial charge in [0, 0.05) is 30.5 Å². The predicted molar refractivity (Wildman–Crippen MR) is 122 cm³/mol. The van der Waals surface area contributed by atoms with Crippen molar-refractivity contribution in [3.05, 3.63) is 84.5 Å². The van der Waals surface area contributed by atoms with Crippen LogP contribution in [0.3, 0.4) is 0 Å². The summed E-state index contributed by atoms with van der Waals surface area (Å²) in [7, 11) is 0. The monoisotopic (exact) mass is 400 g/mol. The second-order valence-corrected chi connectivity index (χ2v) is 8.04. The molecule has 154 valence electrons. The minimum Gasteiger partial charge on any atom is -0.324 e. The third-order valence-electron chi connectivity index (χ3n) is 5.75. The Hall–Kier alpha value is -3.34. The summed E-state index contributed by atoms with van der Waals surface area (Å²) >= 11 is 0. The van der Waals surface area contributed by atoms with E-state index >= 15 is 0 Å². The summed E-state index contributed by atoms with van der Waals surface area (Å²) in [5.41, 5.74) is 6.05. The molecule has 1 N–H and O–H groups in total. The van der Waals surface area contributed by atoms with Gasteiger partial charge in [0.25, 0.3) is 0 Å². The average Bonchev–Trinajstić information content (AvgIpc) is 3.20. The predicted octanol–water partition coefficient (Wildman–Crippen LogP) is 5.63. The van der Waals surface area contributed by atoms with E-state index in [9.17, 15) is 4.79 Å². The van der Waals surface area contributed by atoms with Crippen LogP contribution < -0.4 is 5.32 Å². The van der Waals surface area contributed by atoms with Crippen LogP contribution in [0.25, 0.3) is 11.3 Å². The summed E-state index contributed by atoms with van der Waals surface area (Å²) in [5, 5.41) is 3.07. The molecule has 3 aromatic rings. The molecule has 1 fully saturated rings. The maximum Gasteiger partial charge on any atom is 0.321 e. The van der Waals surface area contributed by atoms with Gasteiger partial charge in [-0.25, -0.2) is 9.78 Å². The van der Waals surface area contributed by atoms with Crippen molar-refractivity contribution in [3.63, 3.8) is 0 Å². The molecule has 0 aliphatic carbocycles. The number of hydrogen-bond donors (Lipinski definition) is 1. The van der Waals surface area contributed by atoms with Gasteiger partial charge in [0.15, 0.2) is 0 Å². The van der Waals surface area contributed by atoms with Crippen LogP contribution in [0.5, 0.6) is 0 Å². The Labute approximate surface area is 178 Å². The van der Waals surface area contributed by atoms with E-state index in [-0.39, 0.29) is 6.03 Å². The molecule has 1 saturated heterocycles. The van der Waals surface area contributed by atoms with E-state index in [1.807, 2.05) is 53.8 Å². The normalized spacial score (nSPS) is 14.5. The number of rotatable bonds is 4. The number of nitrogens with zero attached hydrogens (tertiary/aromatic N) is 3. The Morgan fingerprint density at radius 1 is 1.13 bits per heavy atom. The molecule has 1 aromatic heterocycles. The standard InChI is InChI=1S/C25H28N4O/c1-18(2)23-15-22(9-10-24(23)29-16-19(3)26-17-29)27-25(30)28-13-11-21(12-14-28)20-7-5-4-6-8-20/h4-10,15-17,21H,1,11-14H2,2-3H3,(H,27,30). The van der Waals surface area contributed by atoms with Gasteiger partial charge in [-0.2, -0.15) is 0 Å². The lowest BCUT2D eigenvalue weighted by Gasteiger charge is -2.32. The van der Waals surface area contributed by atoms with Crippen molar-refractivity contribution >= 4 is 17.3 Å². The van der Waals surface area contributed by atoms with E-state index in [2.05, 4.69) is 41.1 Å². The Bertz CT molecular complexity index is 1050. The second-order valence-electron chi connectivity index (χ2n) is 8.04. The summed E-state index contributed by atoms with van der Waals surface area (Å²) in [6, 6.07) is 16.5. The molecule has 0 saturated carbocycles. The van der Waals surface area contributed by atoms with Crippen molar-refractivity contribution < 1.29 is 4.79 Å². The number of carbonyl (C=O) groups excluding carboxylic acids is 1. The van der Waals surface area contributed by atoms with Crippen molar-refractivity contribution in [1.82, 2.24) is 14.5 Å². The lowest BCUT2D eigenvalue weighted by Crippen LogP contribution is -2.40. The minimum atomic E-state index is -0.0413. The Morgan fingerprint density at radius 3 is 2.50 bits per heavy atom. The summed E-state index contributed by atoms with van der Waals surface area (Å²) in [6.07, 6.45) is 5.77. The van der Waals surface area contributed by atoms with E-state index in [4.69, 9.17) is 0 Å². The summed E-state index contributed by atoms with van der Waals surface area (Å²) in [4.78, 5) is 19.0. The van der Waals surface area contributed by atoms with E-state index in [0.29, 0.717) is 5.92 Å². The van der Waals surface area contributed by atoms with Crippen LogP contribution >= 0.6 is 0 Å². The molecule has 4 rings (SSSR count). The van der Waals surface area contributed by atoms with E-state index in [1.165, 1.54) is 5.56 Å². The Kier molecular flexibility index (Phi) is 5.70. The maximum atomic E-state index is 12.8. The number of aryl methyl sites for hydroxylation is 1. The van der Waals surface area contributed by atoms with E-state index < -0.39 is 0 Å². The molecule has 2 heterocycles. The lowest BCUT2D eigenvalue weighted by molar-refractivity contribution is 0.194. The lowest BCUT2D eigenvalue weighted by atomic mass is 9.90. The Balaban J connectivity index is 1.43. The van der Waals surface area contributed by atoms with Gasteiger partial charge in [-0.15, -0.1) is 0 Å². The minimum absolute atomic E-state index is 0.0413. The van der Waals surface area contributed by atoms with Gasteiger partial charge in [-0.3, -0.25) is 0 Å². The largest absolute Gasteiger partial charge is 0.324 e. The number of urea groups is 1. The molecule has 2 amide bonds. The molecular formula is C25H28N4O. The number of likely N-dealkylation sites (tertiary alicyclic amines) is 1. The van der Waals surface area contributed by atoms with E-state index in [0.717, 1.165) is 54.1 Å². The molecule has 0 unspecified atom stereocenters. The highest BCUT2D eigenvalue weighted by molar-refractivity contribution is 5.90. The third-order valence-corrected chi connectivity index (χ3v) is 5.75. The highest BCUT2D eigenvalue weighted by Crippen LogP contribution is 2.29. The quantitative estimate of drug-likeness (QED) is 0.617. The zero-order chi connectivity index (χ0) is 21.1. The van der Waals surface area contributed by atoms with Crippen molar-refractivity contribution in [2.75, 3.05) is 18.4 Å². The second kappa shape index (κ2) is 8.57. The first-order valence-corrected chi connectivity index (χ1v) is 10.4. The molecule has 0 spiro atoms. The molecule has 30 heavy (non-hydrogen) atoms. The van der Waals surface area contributed by atoms with Crippen LogP contribution in [0, 0.1) is 6.92 Å². The first-order valence-electron chi connectivity index (χ1n) is 10.4. The molecule has 1 aliphatic heterocycles. The molecule has 5 nitrogen and oxygen atoms in total. The molecular weight excluding hydrogens is 372 g/mol. The van der Waals surface area contributed by atoms with Crippen molar-refractivity contribution in [1.29, 1.82) is 0 Å². The van der Waals surface area contributed by atoms with Crippen molar-refractivity contribution in [2.45, 2.75) is 32.6 Å². The van der Waals surface area contributed by atoms with Gasteiger partial charge in [-0.1, -0.05) is 36.9 Å². The van der Waals surface area contributed by atoms with Gasteiger partial charge in [-0.05, 0) is 61.9 Å². The fraction of sp³-hybridized carbons (Fsp3) is 0.280.